The number of nitrogens with zero attached hydrogens (tertiary/aromatic N) is 4. The predicted octanol–water partition coefficient (Wildman–Crippen LogP) is -0.432. The lowest BCUT2D eigenvalue weighted by Crippen LogP contribution is -2.33. The summed E-state index contributed by atoms with van der Waals surface area (Å²) in [7, 11) is 1.49. The van der Waals surface area contributed by atoms with Crippen LogP contribution >= 0.6 is 0 Å². The third kappa shape index (κ3) is 3.65. The van der Waals surface area contributed by atoms with E-state index in [-0.39, 0.29) is 29.0 Å². The first-order valence-electron chi connectivity index (χ1n) is 7.70. The largest absolute Gasteiger partial charge is 0.488 e. The van der Waals surface area contributed by atoms with E-state index in [9.17, 15) is 14.4 Å². The monoisotopic (exact) mass is 343 g/mol. The molecule has 1 aliphatic rings. The van der Waals surface area contributed by atoms with Crippen LogP contribution in [0.4, 0.5) is 0 Å². The van der Waals surface area contributed by atoms with Crippen molar-refractivity contribution in [3.8, 4) is 5.75 Å². The van der Waals surface area contributed by atoms with Gasteiger partial charge in [-0.25, -0.2) is 4.68 Å². The van der Waals surface area contributed by atoms with Crippen LogP contribution < -0.4 is 16.0 Å². The van der Waals surface area contributed by atoms with Crippen molar-refractivity contribution in [3.05, 3.63) is 52.2 Å². The summed E-state index contributed by atoms with van der Waals surface area (Å²) < 4.78 is 6.93. The van der Waals surface area contributed by atoms with E-state index in [0.717, 1.165) is 4.68 Å². The topological polar surface area (TPSA) is 120 Å². The number of aromatic nitrogens is 3. The van der Waals surface area contributed by atoms with Gasteiger partial charge in [-0.2, -0.15) is 5.10 Å². The molecule has 1 fully saturated rings. The first-order chi connectivity index (χ1) is 11.9. The average molecular weight is 343 g/mol. The van der Waals surface area contributed by atoms with Crippen LogP contribution in [0.25, 0.3) is 0 Å². The van der Waals surface area contributed by atoms with Crippen LogP contribution in [0, 0.1) is 0 Å². The van der Waals surface area contributed by atoms with E-state index in [1.807, 2.05) is 0 Å². The summed E-state index contributed by atoms with van der Waals surface area (Å²) >= 11 is 0. The Morgan fingerprint density at radius 3 is 2.80 bits per heavy atom. The molecule has 3 heterocycles. The maximum Gasteiger partial charge on any atom is 0.274 e. The van der Waals surface area contributed by atoms with Gasteiger partial charge in [-0.3, -0.25) is 19.4 Å². The second-order valence-electron chi connectivity index (χ2n) is 5.70. The lowest BCUT2D eigenvalue weighted by atomic mass is 10.3. The molecule has 2 amide bonds. The van der Waals surface area contributed by atoms with Crippen LogP contribution in [0.2, 0.25) is 0 Å². The fourth-order valence-corrected chi connectivity index (χ4v) is 2.60. The first-order valence-corrected chi connectivity index (χ1v) is 7.70. The number of amides is 2. The van der Waals surface area contributed by atoms with Crippen LogP contribution in [0.3, 0.4) is 0 Å². The average Bonchev–Trinajstić information content (AvgIpc) is 3.05. The van der Waals surface area contributed by atoms with Gasteiger partial charge in [-0.05, 0) is 12.1 Å². The number of hydrogen-bond donors (Lipinski definition) is 1. The molecule has 0 spiro atoms. The molecule has 1 aliphatic heterocycles. The Bertz CT molecular complexity index is 879. The van der Waals surface area contributed by atoms with E-state index in [1.165, 1.54) is 31.4 Å². The third-order valence-corrected chi connectivity index (χ3v) is 3.90. The zero-order valence-electron chi connectivity index (χ0n) is 13.6. The molecular formula is C16H17N5O4. The van der Waals surface area contributed by atoms with Gasteiger partial charge in [0.1, 0.15) is 23.2 Å². The molecule has 2 aromatic rings. The fraction of sp³-hybridized carbons (Fsp3) is 0.312. The standard InChI is InChI=1S/C16H17N5O4/c1-20-14(22)3-2-12(19-20)16(24)21-7-5-11(9-21)25-10-4-6-18-13(8-10)15(17)23/h2-4,6,8,11H,5,7,9H2,1H3,(H2,17,23)/t11-/m1/s1. The molecular weight excluding hydrogens is 326 g/mol. The van der Waals surface area contributed by atoms with Crippen molar-refractivity contribution in [2.24, 2.45) is 12.8 Å². The minimum absolute atomic E-state index is 0.123. The lowest BCUT2D eigenvalue weighted by molar-refractivity contribution is 0.0764. The second-order valence-corrected chi connectivity index (χ2v) is 5.70. The normalized spacial score (nSPS) is 16.7. The Morgan fingerprint density at radius 1 is 1.28 bits per heavy atom. The van der Waals surface area contributed by atoms with Gasteiger partial charge >= 0.3 is 0 Å². The zero-order valence-corrected chi connectivity index (χ0v) is 13.6. The first kappa shape index (κ1) is 16.6. The van der Waals surface area contributed by atoms with Gasteiger partial charge in [0.05, 0.1) is 6.54 Å². The van der Waals surface area contributed by atoms with E-state index in [0.29, 0.717) is 25.3 Å². The minimum atomic E-state index is -0.630. The molecule has 0 aromatic carbocycles. The van der Waals surface area contributed by atoms with Crippen molar-refractivity contribution in [2.75, 3.05) is 13.1 Å². The van der Waals surface area contributed by atoms with Crippen LogP contribution in [-0.4, -0.2) is 50.7 Å². The van der Waals surface area contributed by atoms with Crippen molar-refractivity contribution in [2.45, 2.75) is 12.5 Å². The number of likely N-dealkylation sites (tertiary alicyclic amines) is 1. The van der Waals surface area contributed by atoms with Gasteiger partial charge in [0.2, 0.25) is 0 Å². The Hall–Kier alpha value is -3.23. The molecule has 25 heavy (non-hydrogen) atoms. The summed E-state index contributed by atoms with van der Waals surface area (Å²) in [6.07, 6.45) is 1.88. The molecule has 130 valence electrons. The van der Waals surface area contributed by atoms with Gasteiger partial charge in [-0.1, -0.05) is 0 Å². The van der Waals surface area contributed by atoms with Crippen molar-refractivity contribution in [1.29, 1.82) is 0 Å². The van der Waals surface area contributed by atoms with Crippen LogP contribution in [-0.2, 0) is 7.05 Å². The van der Waals surface area contributed by atoms with Gasteiger partial charge in [0.15, 0.2) is 0 Å². The molecule has 0 unspecified atom stereocenters. The Morgan fingerprint density at radius 2 is 2.08 bits per heavy atom. The van der Waals surface area contributed by atoms with Crippen LogP contribution in [0.15, 0.2) is 35.3 Å². The highest BCUT2D eigenvalue weighted by molar-refractivity contribution is 5.92. The molecule has 2 aromatic heterocycles. The molecule has 3 rings (SSSR count). The highest BCUT2D eigenvalue weighted by Crippen LogP contribution is 2.19. The Balaban J connectivity index is 1.66. The molecule has 0 bridgehead atoms. The summed E-state index contributed by atoms with van der Waals surface area (Å²) in [6, 6.07) is 5.83. The smallest absolute Gasteiger partial charge is 0.274 e. The number of ether oxygens (including phenoxy) is 1. The van der Waals surface area contributed by atoms with Crippen LogP contribution in [0.5, 0.6) is 5.75 Å². The van der Waals surface area contributed by atoms with Gasteiger partial charge in [0, 0.05) is 38.3 Å². The van der Waals surface area contributed by atoms with E-state index < -0.39 is 5.91 Å². The molecule has 0 radical (unpaired) electrons. The van der Waals surface area contributed by atoms with Gasteiger partial charge in [-0.15, -0.1) is 0 Å². The summed E-state index contributed by atoms with van der Waals surface area (Å²) in [5.41, 5.74) is 5.26. The molecule has 0 aliphatic carbocycles. The molecule has 9 heteroatoms. The predicted molar refractivity (Wildman–Crippen MR) is 87.2 cm³/mol. The van der Waals surface area contributed by atoms with E-state index in [4.69, 9.17) is 10.5 Å². The number of pyridine rings is 1. The third-order valence-electron chi connectivity index (χ3n) is 3.90. The van der Waals surface area contributed by atoms with E-state index in [2.05, 4.69) is 10.1 Å². The number of rotatable bonds is 4. The summed E-state index contributed by atoms with van der Waals surface area (Å²) in [5, 5.41) is 3.97. The second kappa shape index (κ2) is 6.71. The van der Waals surface area contributed by atoms with E-state index in [1.54, 1.807) is 11.0 Å². The molecule has 1 atom stereocenters. The highest BCUT2D eigenvalue weighted by atomic mass is 16.5. The highest BCUT2D eigenvalue weighted by Gasteiger charge is 2.29. The molecule has 9 nitrogen and oxygen atoms in total. The minimum Gasteiger partial charge on any atom is -0.488 e. The fourth-order valence-electron chi connectivity index (χ4n) is 2.60. The Kier molecular flexibility index (Phi) is 4.46. The van der Waals surface area contributed by atoms with Crippen molar-refractivity contribution in [1.82, 2.24) is 19.7 Å². The SMILES string of the molecule is Cn1nc(C(=O)N2CC[C@@H](Oc3ccnc(C(N)=O)c3)C2)ccc1=O. The van der Waals surface area contributed by atoms with Gasteiger partial charge < -0.3 is 15.4 Å². The van der Waals surface area contributed by atoms with Gasteiger partial charge in [0.25, 0.3) is 17.4 Å². The maximum atomic E-state index is 12.5. The summed E-state index contributed by atoms with van der Waals surface area (Å²) in [4.78, 5) is 40.5. The van der Waals surface area contributed by atoms with Crippen molar-refractivity contribution in [3.63, 3.8) is 0 Å². The Labute approximate surface area is 143 Å². The molecule has 2 N–H and O–H groups in total. The molecule has 1 saturated heterocycles. The number of hydrogen-bond acceptors (Lipinski definition) is 6. The number of aryl methyl sites for hydroxylation is 1. The number of carbonyl (C=O) groups is 2. The zero-order chi connectivity index (χ0) is 18.0. The number of primary amides is 1. The van der Waals surface area contributed by atoms with E-state index >= 15 is 0 Å². The number of carbonyl (C=O) groups excluding carboxylic acids is 2. The molecule has 0 saturated carbocycles. The number of nitrogens with two attached hydrogens (primary N) is 1. The summed E-state index contributed by atoms with van der Waals surface area (Å²) in [6.45, 7) is 0.902. The van der Waals surface area contributed by atoms with Crippen LogP contribution in [0.1, 0.15) is 27.4 Å². The maximum absolute atomic E-state index is 12.5. The lowest BCUT2D eigenvalue weighted by Gasteiger charge is -2.17. The van der Waals surface area contributed by atoms with Crippen molar-refractivity contribution < 1.29 is 14.3 Å². The van der Waals surface area contributed by atoms with Crippen molar-refractivity contribution >= 4 is 11.8 Å². The quantitative estimate of drug-likeness (QED) is 0.804. The summed E-state index contributed by atoms with van der Waals surface area (Å²) in [5.74, 6) is -0.410.